The lowest BCUT2D eigenvalue weighted by Gasteiger charge is -2.11. The van der Waals surface area contributed by atoms with Gasteiger partial charge in [0.05, 0.1) is 12.5 Å². The first kappa shape index (κ1) is 16.3. The van der Waals surface area contributed by atoms with E-state index in [-0.39, 0.29) is 11.3 Å². The van der Waals surface area contributed by atoms with Crippen molar-refractivity contribution in [1.29, 1.82) is 0 Å². The second kappa shape index (κ2) is 6.49. The first-order valence-corrected chi connectivity index (χ1v) is 9.88. The summed E-state index contributed by atoms with van der Waals surface area (Å²) in [5.74, 6) is 0.391. The van der Waals surface area contributed by atoms with E-state index in [0.29, 0.717) is 27.8 Å². The van der Waals surface area contributed by atoms with E-state index < -0.39 is 14.9 Å². The Kier molecular flexibility index (Phi) is 4.39. The fourth-order valence-electron chi connectivity index (χ4n) is 2.57. The quantitative estimate of drug-likeness (QED) is 0.730. The fraction of sp³-hybridized carbons (Fsp3) is 0.167. The van der Waals surface area contributed by atoms with E-state index in [1.807, 2.05) is 13.1 Å². The predicted octanol–water partition coefficient (Wildman–Crippen LogP) is 3.97. The molecule has 3 rings (SSSR count). The molecule has 0 saturated heterocycles. The van der Waals surface area contributed by atoms with E-state index in [2.05, 4.69) is 4.98 Å². The highest BCUT2D eigenvalue weighted by Crippen LogP contribution is 2.29. The van der Waals surface area contributed by atoms with Crippen LogP contribution in [0.5, 0.6) is 11.5 Å². The molecule has 1 radical (unpaired) electrons. The van der Waals surface area contributed by atoms with Gasteiger partial charge < -0.3 is 14.1 Å². The third-order valence-corrected chi connectivity index (χ3v) is 4.25. The van der Waals surface area contributed by atoms with Gasteiger partial charge in [0.1, 0.15) is 11.5 Å². The summed E-state index contributed by atoms with van der Waals surface area (Å²) in [7, 11) is 0.508. The summed E-state index contributed by atoms with van der Waals surface area (Å²) in [5.41, 5.74) is 0.862. The molecule has 1 aromatic heterocycles. The molecule has 1 N–H and O–H groups in total. The number of fused-ring (bicyclic) bond motifs is 1. The van der Waals surface area contributed by atoms with Crippen LogP contribution in [0.2, 0.25) is 13.1 Å². The van der Waals surface area contributed by atoms with Crippen molar-refractivity contribution < 1.29 is 13.6 Å². The zero-order chi connectivity index (χ0) is 17.3. The van der Waals surface area contributed by atoms with Crippen molar-refractivity contribution in [2.45, 2.75) is 13.1 Å². The summed E-state index contributed by atoms with van der Waals surface area (Å²) in [6, 6.07) is 11.8. The molecule has 0 aliphatic heterocycles. The number of ether oxygens (including phenoxy) is 1. The average Bonchev–Trinajstić information content (AvgIpc) is 2.55. The van der Waals surface area contributed by atoms with Crippen LogP contribution in [0.1, 0.15) is 0 Å². The molecular weight excluding hydrogens is 325 g/mol. The Morgan fingerprint density at radius 3 is 2.50 bits per heavy atom. The highest BCUT2D eigenvalue weighted by Gasteiger charge is 2.12. The highest BCUT2D eigenvalue weighted by molar-refractivity contribution is 6.49. The van der Waals surface area contributed by atoms with Crippen LogP contribution < -0.4 is 14.7 Å². The van der Waals surface area contributed by atoms with Crippen molar-refractivity contribution in [1.82, 2.24) is 4.98 Å². The SMILES string of the molecule is COc1cccc2c(=O)[nH]c(-c3ccc(O[Si](C)C)c(F)c3)cc12. The number of halogens is 1. The second-order valence-electron chi connectivity index (χ2n) is 5.59. The number of H-pyrrole nitrogens is 1. The Morgan fingerprint density at radius 1 is 1.04 bits per heavy atom. The van der Waals surface area contributed by atoms with E-state index >= 15 is 0 Å². The minimum absolute atomic E-state index is 0.235. The van der Waals surface area contributed by atoms with E-state index in [4.69, 9.17) is 9.16 Å². The Labute approximate surface area is 140 Å². The molecule has 2 aromatic carbocycles. The molecule has 0 fully saturated rings. The summed E-state index contributed by atoms with van der Waals surface area (Å²) in [4.78, 5) is 15.1. The van der Waals surface area contributed by atoms with Gasteiger partial charge >= 0.3 is 0 Å². The highest BCUT2D eigenvalue weighted by atomic mass is 28.3. The fourth-order valence-corrected chi connectivity index (χ4v) is 3.17. The van der Waals surface area contributed by atoms with Crippen LogP contribution in [0.25, 0.3) is 22.0 Å². The number of nitrogens with one attached hydrogen (secondary N) is 1. The van der Waals surface area contributed by atoms with Crippen LogP contribution in [0.4, 0.5) is 4.39 Å². The maximum Gasteiger partial charge on any atom is 0.274 e. The largest absolute Gasteiger partial charge is 0.541 e. The first-order valence-electron chi connectivity index (χ1n) is 7.47. The summed E-state index contributed by atoms with van der Waals surface area (Å²) < 4.78 is 25.0. The Bertz CT molecular complexity index is 953. The molecule has 0 atom stereocenters. The summed E-state index contributed by atoms with van der Waals surface area (Å²) in [5, 5.41) is 1.22. The molecule has 24 heavy (non-hydrogen) atoms. The molecule has 4 nitrogen and oxygen atoms in total. The lowest BCUT2D eigenvalue weighted by atomic mass is 10.1. The minimum Gasteiger partial charge on any atom is -0.541 e. The molecule has 0 amide bonds. The van der Waals surface area contributed by atoms with E-state index in [0.717, 1.165) is 0 Å². The summed E-state index contributed by atoms with van der Waals surface area (Å²) in [6.07, 6.45) is 0. The molecule has 0 spiro atoms. The second-order valence-corrected chi connectivity index (χ2v) is 7.61. The van der Waals surface area contributed by atoms with Gasteiger partial charge in [-0.1, -0.05) is 6.07 Å². The third-order valence-electron chi connectivity index (χ3n) is 3.62. The topological polar surface area (TPSA) is 51.3 Å². The van der Waals surface area contributed by atoms with Crippen molar-refractivity contribution in [3.63, 3.8) is 0 Å². The zero-order valence-corrected chi connectivity index (χ0v) is 14.6. The maximum absolute atomic E-state index is 14.2. The molecule has 0 unspecified atom stereocenters. The number of benzene rings is 2. The van der Waals surface area contributed by atoms with E-state index in [1.165, 1.54) is 6.07 Å². The van der Waals surface area contributed by atoms with Crippen molar-refractivity contribution in [2.75, 3.05) is 7.11 Å². The van der Waals surface area contributed by atoms with Gasteiger partial charge in [-0.2, -0.15) is 0 Å². The number of methoxy groups -OCH3 is 1. The molecule has 0 aliphatic carbocycles. The molecule has 3 aromatic rings. The number of hydrogen-bond acceptors (Lipinski definition) is 3. The smallest absolute Gasteiger partial charge is 0.274 e. The number of aromatic nitrogens is 1. The lowest BCUT2D eigenvalue weighted by molar-refractivity contribution is 0.420. The molecule has 0 saturated carbocycles. The van der Waals surface area contributed by atoms with Crippen LogP contribution in [0.3, 0.4) is 0 Å². The van der Waals surface area contributed by atoms with Crippen LogP contribution in [0.15, 0.2) is 47.3 Å². The average molecular weight is 342 g/mol. The lowest BCUT2D eigenvalue weighted by Crippen LogP contribution is -2.12. The minimum atomic E-state index is -1.04. The van der Waals surface area contributed by atoms with Gasteiger partial charge in [-0.3, -0.25) is 4.79 Å². The van der Waals surface area contributed by atoms with Crippen LogP contribution >= 0.6 is 0 Å². The zero-order valence-electron chi connectivity index (χ0n) is 13.6. The van der Waals surface area contributed by atoms with Crippen molar-refractivity contribution in [3.05, 3.63) is 58.6 Å². The normalized spacial score (nSPS) is 11.0. The van der Waals surface area contributed by atoms with E-state index in [9.17, 15) is 9.18 Å². The van der Waals surface area contributed by atoms with Gasteiger partial charge in [-0.05, 0) is 49.5 Å². The molecule has 1 heterocycles. The number of pyridine rings is 1. The summed E-state index contributed by atoms with van der Waals surface area (Å²) in [6.45, 7) is 3.87. The number of hydrogen-bond donors (Lipinski definition) is 1. The van der Waals surface area contributed by atoms with Gasteiger partial charge in [0.25, 0.3) is 14.6 Å². The molecular formula is C18H17FNO3Si. The summed E-state index contributed by atoms with van der Waals surface area (Å²) >= 11 is 0. The van der Waals surface area contributed by atoms with E-state index in [1.54, 1.807) is 43.5 Å². The van der Waals surface area contributed by atoms with Gasteiger partial charge in [-0.25, -0.2) is 4.39 Å². The van der Waals surface area contributed by atoms with Crippen molar-refractivity contribution in [2.24, 2.45) is 0 Å². The first-order chi connectivity index (χ1) is 11.5. The van der Waals surface area contributed by atoms with Crippen LogP contribution in [-0.2, 0) is 0 Å². The monoisotopic (exact) mass is 342 g/mol. The standard InChI is InChI=1S/C18H17FNO3Si/c1-22-16-6-4-5-12-13(16)10-15(20-18(12)21)11-7-8-17(14(19)9-11)23-24(2)3/h4-10H,1-3H3,(H,20,21). The molecule has 123 valence electrons. The Balaban J connectivity index is 2.13. The van der Waals surface area contributed by atoms with Gasteiger partial charge in [0.15, 0.2) is 5.82 Å². The molecule has 0 aliphatic rings. The third kappa shape index (κ3) is 3.05. The number of aromatic amines is 1. The molecule has 6 heteroatoms. The van der Waals surface area contributed by atoms with Crippen LogP contribution in [-0.4, -0.2) is 21.1 Å². The van der Waals surface area contributed by atoms with Crippen LogP contribution in [0, 0.1) is 5.82 Å². The molecule has 0 bridgehead atoms. The van der Waals surface area contributed by atoms with Crippen molar-refractivity contribution in [3.8, 4) is 22.8 Å². The van der Waals surface area contributed by atoms with Crippen molar-refractivity contribution >= 4 is 19.8 Å². The maximum atomic E-state index is 14.2. The number of rotatable bonds is 4. The Hall–Kier alpha value is -2.60. The van der Waals surface area contributed by atoms with Gasteiger partial charge in [0.2, 0.25) is 0 Å². The van der Waals surface area contributed by atoms with Gasteiger partial charge in [0, 0.05) is 16.6 Å². The van der Waals surface area contributed by atoms with Gasteiger partial charge in [-0.15, -0.1) is 0 Å². The predicted molar refractivity (Wildman–Crippen MR) is 94.6 cm³/mol. The Morgan fingerprint density at radius 2 is 1.83 bits per heavy atom.